The molecule has 0 aliphatic carbocycles. The number of aliphatic imine (C=N–C) groups is 1. The Morgan fingerprint density at radius 3 is 3.27 bits per heavy atom. The van der Waals surface area contributed by atoms with Crippen LogP contribution in [0.4, 0.5) is 0 Å². The van der Waals surface area contributed by atoms with Gasteiger partial charge in [-0.25, -0.2) is 0 Å². The third-order valence-corrected chi connectivity index (χ3v) is 4.36. The van der Waals surface area contributed by atoms with Gasteiger partial charge in [0.1, 0.15) is 11.6 Å². The molecule has 0 bridgehead atoms. The van der Waals surface area contributed by atoms with E-state index in [0.29, 0.717) is 19.1 Å². The van der Waals surface area contributed by atoms with E-state index >= 15 is 0 Å². The molecule has 5 nitrogen and oxygen atoms in total. The molecular weight excluding hydrogens is 300 g/mol. The maximum atomic E-state index is 5.56. The zero-order valence-corrected chi connectivity index (χ0v) is 13.7. The summed E-state index contributed by atoms with van der Waals surface area (Å²) in [4.78, 5) is 9.91. The molecule has 1 aromatic carbocycles. The quantitative estimate of drug-likeness (QED) is 0.475. The van der Waals surface area contributed by atoms with Crippen molar-refractivity contribution >= 4 is 17.9 Å². The molecule has 1 atom stereocenters. The third kappa shape index (κ3) is 3.94. The molecule has 22 heavy (non-hydrogen) atoms. The van der Waals surface area contributed by atoms with E-state index in [1.54, 1.807) is 0 Å². The average molecular weight is 322 g/mol. The monoisotopic (exact) mass is 322 g/mol. The van der Waals surface area contributed by atoms with Crippen molar-refractivity contribution in [2.75, 3.05) is 32.1 Å². The summed E-state index contributed by atoms with van der Waals surface area (Å²) in [7, 11) is 0. The van der Waals surface area contributed by atoms with Gasteiger partial charge in [0.15, 0.2) is 0 Å². The van der Waals surface area contributed by atoms with Crippen LogP contribution in [0.1, 0.15) is 30.4 Å². The van der Waals surface area contributed by atoms with Crippen LogP contribution < -0.4 is 10.2 Å². The number of hydrogen-bond acceptors (Lipinski definition) is 6. The van der Waals surface area contributed by atoms with Crippen LogP contribution >= 0.6 is 12.0 Å². The predicted octanol–water partition coefficient (Wildman–Crippen LogP) is 2.71. The topological polar surface area (TPSA) is 52.1 Å². The number of benzene rings is 1. The highest BCUT2D eigenvalue weighted by Gasteiger charge is 2.22. The molecule has 6 heteroatoms. The van der Waals surface area contributed by atoms with Gasteiger partial charge in [0.2, 0.25) is 0 Å². The van der Waals surface area contributed by atoms with Crippen molar-refractivity contribution in [2.45, 2.75) is 25.7 Å². The molecule has 0 radical (unpaired) electrons. The molecule has 120 valence electrons. The second-order valence-electron chi connectivity index (χ2n) is 5.33. The summed E-state index contributed by atoms with van der Waals surface area (Å²) in [5.41, 5.74) is 5.61. The van der Waals surface area contributed by atoms with Crippen LogP contribution in [-0.2, 0) is 15.4 Å². The molecule has 0 aromatic heterocycles. The van der Waals surface area contributed by atoms with Crippen LogP contribution in [0.2, 0.25) is 0 Å². The SMILES string of the molecule is CCSOCCONC1=NC[C@@H](c2ccc3c(c2)CCO3)C1. The average Bonchev–Trinajstić information content (AvgIpc) is 3.18. The van der Waals surface area contributed by atoms with Gasteiger partial charge >= 0.3 is 0 Å². The fraction of sp³-hybridized carbons (Fsp3) is 0.562. The first kappa shape index (κ1) is 15.6. The van der Waals surface area contributed by atoms with Gasteiger partial charge in [-0.15, -0.1) is 0 Å². The van der Waals surface area contributed by atoms with Crippen LogP contribution in [0.15, 0.2) is 23.2 Å². The van der Waals surface area contributed by atoms with Gasteiger partial charge in [0.05, 0.1) is 19.8 Å². The molecule has 0 unspecified atom stereocenters. The van der Waals surface area contributed by atoms with E-state index in [4.69, 9.17) is 13.8 Å². The molecule has 0 fully saturated rings. The van der Waals surface area contributed by atoms with E-state index in [9.17, 15) is 0 Å². The number of amidine groups is 1. The van der Waals surface area contributed by atoms with Crippen molar-refractivity contribution in [1.29, 1.82) is 0 Å². The minimum Gasteiger partial charge on any atom is -0.493 e. The molecular formula is C16H22N2O3S. The lowest BCUT2D eigenvalue weighted by atomic mass is 9.95. The van der Waals surface area contributed by atoms with Gasteiger partial charge in [-0.2, -0.15) is 0 Å². The number of nitrogens with zero attached hydrogens (tertiary/aromatic N) is 1. The molecule has 0 saturated carbocycles. The highest BCUT2D eigenvalue weighted by atomic mass is 32.2. The van der Waals surface area contributed by atoms with Gasteiger partial charge in [-0.3, -0.25) is 15.3 Å². The van der Waals surface area contributed by atoms with E-state index in [1.807, 2.05) is 0 Å². The van der Waals surface area contributed by atoms with E-state index in [1.165, 1.54) is 23.2 Å². The van der Waals surface area contributed by atoms with E-state index < -0.39 is 0 Å². The lowest BCUT2D eigenvalue weighted by Gasteiger charge is -2.11. The lowest BCUT2D eigenvalue weighted by Crippen LogP contribution is -2.24. The number of hydrogen-bond donors (Lipinski definition) is 1. The zero-order valence-electron chi connectivity index (χ0n) is 12.8. The smallest absolute Gasteiger partial charge is 0.122 e. The zero-order chi connectivity index (χ0) is 15.2. The van der Waals surface area contributed by atoms with Crippen molar-refractivity contribution in [3.63, 3.8) is 0 Å². The van der Waals surface area contributed by atoms with E-state index in [2.05, 4.69) is 35.6 Å². The van der Waals surface area contributed by atoms with Crippen LogP contribution in [0.3, 0.4) is 0 Å². The minimum atomic E-state index is 0.434. The first-order chi connectivity index (χ1) is 10.9. The van der Waals surface area contributed by atoms with Gasteiger partial charge in [-0.1, -0.05) is 19.1 Å². The second kappa shape index (κ2) is 7.85. The Kier molecular flexibility index (Phi) is 5.58. The van der Waals surface area contributed by atoms with Gasteiger partial charge in [0, 0.05) is 31.1 Å². The van der Waals surface area contributed by atoms with Gasteiger partial charge < -0.3 is 8.92 Å². The first-order valence-electron chi connectivity index (χ1n) is 7.78. The van der Waals surface area contributed by atoms with Crippen LogP contribution in [0, 0.1) is 0 Å². The third-order valence-electron chi connectivity index (χ3n) is 3.79. The fourth-order valence-electron chi connectivity index (χ4n) is 2.69. The van der Waals surface area contributed by atoms with Crippen molar-refractivity contribution in [3.8, 4) is 5.75 Å². The van der Waals surface area contributed by atoms with Crippen LogP contribution in [0.25, 0.3) is 0 Å². The van der Waals surface area contributed by atoms with Gasteiger partial charge in [-0.05, 0) is 29.2 Å². The van der Waals surface area contributed by atoms with Gasteiger partial charge in [0.25, 0.3) is 0 Å². The van der Waals surface area contributed by atoms with Crippen LogP contribution in [-0.4, -0.2) is 38.0 Å². The number of ether oxygens (including phenoxy) is 1. The van der Waals surface area contributed by atoms with Crippen molar-refractivity contribution in [1.82, 2.24) is 5.48 Å². The number of fused-ring (bicyclic) bond motifs is 1. The molecule has 2 heterocycles. The lowest BCUT2D eigenvalue weighted by molar-refractivity contribution is 0.0634. The number of nitrogens with one attached hydrogen (secondary N) is 1. The normalized spacial score (nSPS) is 19.7. The molecule has 0 amide bonds. The largest absolute Gasteiger partial charge is 0.493 e. The molecule has 2 aliphatic rings. The Hall–Kier alpha value is -1.24. The summed E-state index contributed by atoms with van der Waals surface area (Å²) in [5, 5.41) is 0. The Morgan fingerprint density at radius 2 is 2.36 bits per heavy atom. The summed E-state index contributed by atoms with van der Waals surface area (Å²) >= 11 is 1.45. The molecule has 0 saturated heterocycles. The van der Waals surface area contributed by atoms with Crippen molar-refractivity contribution in [2.24, 2.45) is 4.99 Å². The summed E-state index contributed by atoms with van der Waals surface area (Å²) < 4.78 is 10.8. The Bertz CT molecular complexity index is 536. The fourth-order valence-corrected chi connectivity index (χ4v) is 3.05. The maximum Gasteiger partial charge on any atom is 0.122 e. The van der Waals surface area contributed by atoms with Crippen molar-refractivity contribution in [3.05, 3.63) is 29.3 Å². The predicted molar refractivity (Wildman–Crippen MR) is 88.5 cm³/mol. The molecule has 1 aromatic rings. The highest BCUT2D eigenvalue weighted by molar-refractivity contribution is 7.94. The Morgan fingerprint density at radius 1 is 1.41 bits per heavy atom. The summed E-state index contributed by atoms with van der Waals surface area (Å²) in [6.45, 7) is 4.77. The van der Waals surface area contributed by atoms with Crippen molar-refractivity contribution < 1.29 is 13.8 Å². The summed E-state index contributed by atoms with van der Waals surface area (Å²) in [6.07, 6.45) is 1.91. The highest BCUT2D eigenvalue weighted by Crippen LogP contribution is 2.31. The Balaban J connectivity index is 1.42. The maximum absolute atomic E-state index is 5.56. The van der Waals surface area contributed by atoms with E-state index in [0.717, 1.165) is 43.3 Å². The number of rotatable bonds is 7. The first-order valence-corrected chi connectivity index (χ1v) is 8.69. The van der Waals surface area contributed by atoms with E-state index in [-0.39, 0.29) is 0 Å². The molecule has 2 aliphatic heterocycles. The second-order valence-corrected chi connectivity index (χ2v) is 6.38. The molecule has 0 spiro atoms. The molecule has 1 N–H and O–H groups in total. The number of hydroxylamine groups is 1. The summed E-state index contributed by atoms with van der Waals surface area (Å²) in [5.74, 6) is 3.34. The van der Waals surface area contributed by atoms with Crippen LogP contribution in [0.5, 0.6) is 5.75 Å². The standard InChI is InChI=1S/C16H22N2O3S/c1-2-22-21-8-7-20-18-16-10-14(11-17-16)12-3-4-15-13(9-12)5-6-19-15/h3-4,9,14H,2,5-8,10-11H2,1H3,(H,17,18)/t14-/m0/s1. The molecule has 3 rings (SSSR count). The minimum absolute atomic E-state index is 0.434. The Labute approximate surface area is 135 Å². The summed E-state index contributed by atoms with van der Waals surface area (Å²) in [6, 6.07) is 6.51.